The molecule has 0 radical (unpaired) electrons. The quantitative estimate of drug-likeness (QED) is 0.200. The van der Waals surface area contributed by atoms with Gasteiger partial charge in [0.25, 0.3) is 11.4 Å². The van der Waals surface area contributed by atoms with Crippen molar-refractivity contribution in [2.45, 2.75) is 17.7 Å². The minimum atomic E-state index is -4.27. The summed E-state index contributed by atoms with van der Waals surface area (Å²) in [6.07, 6.45) is 4.13. The number of aromatic nitrogens is 3. The molecular formula is C30H28N8O6S. The zero-order chi connectivity index (χ0) is 31.6. The van der Waals surface area contributed by atoms with E-state index in [1.807, 2.05) is 24.3 Å². The van der Waals surface area contributed by atoms with Crippen molar-refractivity contribution < 1.29 is 18.3 Å². The Bertz CT molecular complexity index is 2010. The van der Waals surface area contributed by atoms with Crippen molar-refractivity contribution in [2.75, 3.05) is 36.4 Å². The standard InChI is InChI=1S/C30H28N8O6S/c39-37(40)26-11-2-1-10-25(26)35-18-7-17-34(45(43,44)28-13-4-3-12-27(28)38(41)42)16-6-15-31-29-14-19-36-30(33-29)24(21-32-36)22-8-5-9-23(35)20-22/h1-5,8-14,19-21H,6-7,15-18H2,(H,31,33). The minimum absolute atomic E-state index is 0.0168. The van der Waals surface area contributed by atoms with Crippen LogP contribution < -0.4 is 10.2 Å². The van der Waals surface area contributed by atoms with Crippen LogP contribution in [-0.4, -0.2) is 63.3 Å². The normalized spacial score (nSPS) is 14.7. The molecule has 0 fully saturated rings. The van der Waals surface area contributed by atoms with Crippen molar-refractivity contribution in [1.29, 1.82) is 0 Å². The lowest BCUT2D eigenvalue weighted by atomic mass is 10.1. The smallest absolute Gasteiger partial charge is 0.292 e. The van der Waals surface area contributed by atoms with Crippen LogP contribution in [0.4, 0.5) is 28.6 Å². The fraction of sp³-hybridized carbons (Fsp3) is 0.200. The van der Waals surface area contributed by atoms with Crippen LogP contribution in [0.2, 0.25) is 0 Å². The number of hydrogen-bond donors (Lipinski definition) is 1. The van der Waals surface area contributed by atoms with Crippen LogP contribution in [0.15, 0.2) is 96.2 Å². The van der Waals surface area contributed by atoms with Crippen LogP contribution in [0.1, 0.15) is 12.8 Å². The van der Waals surface area contributed by atoms with Crippen LogP contribution in [0.5, 0.6) is 0 Å². The van der Waals surface area contributed by atoms with Gasteiger partial charge in [0.2, 0.25) is 10.0 Å². The molecule has 230 valence electrons. The van der Waals surface area contributed by atoms with Crippen molar-refractivity contribution >= 4 is 44.2 Å². The Morgan fingerprint density at radius 3 is 2.36 bits per heavy atom. The highest BCUT2D eigenvalue weighted by molar-refractivity contribution is 7.89. The zero-order valence-electron chi connectivity index (χ0n) is 23.9. The first-order chi connectivity index (χ1) is 21.7. The molecule has 0 amide bonds. The van der Waals surface area contributed by atoms with Gasteiger partial charge in [-0.15, -0.1) is 0 Å². The predicted molar refractivity (Wildman–Crippen MR) is 168 cm³/mol. The maximum Gasteiger partial charge on any atom is 0.292 e. The molecule has 2 aromatic heterocycles. The molecule has 6 rings (SSSR count). The van der Waals surface area contributed by atoms with E-state index in [1.54, 1.807) is 46.1 Å². The molecule has 0 aliphatic carbocycles. The fourth-order valence-corrected chi connectivity index (χ4v) is 7.12. The Hall–Kier alpha value is -5.41. The summed E-state index contributed by atoms with van der Waals surface area (Å²) in [5, 5.41) is 31.5. The van der Waals surface area contributed by atoms with Crippen LogP contribution in [0, 0.1) is 20.2 Å². The van der Waals surface area contributed by atoms with Gasteiger partial charge in [-0.05, 0) is 48.7 Å². The van der Waals surface area contributed by atoms with Gasteiger partial charge in [0.05, 0.1) is 16.0 Å². The number of fused-ring (bicyclic) bond motifs is 4. The van der Waals surface area contributed by atoms with Crippen LogP contribution in [0.25, 0.3) is 16.8 Å². The van der Waals surface area contributed by atoms with Gasteiger partial charge in [-0.25, -0.2) is 17.9 Å². The molecule has 1 aliphatic heterocycles. The van der Waals surface area contributed by atoms with E-state index in [2.05, 4.69) is 10.4 Å². The second-order valence-corrected chi connectivity index (χ2v) is 12.3. The van der Waals surface area contributed by atoms with Gasteiger partial charge in [-0.1, -0.05) is 36.4 Å². The Kier molecular flexibility index (Phi) is 8.10. The van der Waals surface area contributed by atoms with E-state index in [4.69, 9.17) is 4.98 Å². The highest BCUT2D eigenvalue weighted by atomic mass is 32.2. The molecule has 1 N–H and O–H groups in total. The summed E-state index contributed by atoms with van der Waals surface area (Å²) in [5.74, 6) is 0.571. The molecule has 0 spiro atoms. The summed E-state index contributed by atoms with van der Waals surface area (Å²) < 4.78 is 30.6. The number of nitro benzene ring substituents is 2. The lowest BCUT2D eigenvalue weighted by molar-refractivity contribution is -0.387. The third-order valence-electron chi connectivity index (χ3n) is 7.57. The van der Waals surface area contributed by atoms with E-state index in [9.17, 15) is 28.6 Å². The number of nitrogens with zero attached hydrogens (tertiary/aromatic N) is 7. The third-order valence-corrected chi connectivity index (χ3v) is 9.51. The third kappa shape index (κ3) is 5.90. The Labute approximate surface area is 257 Å². The van der Waals surface area contributed by atoms with Crippen molar-refractivity contribution in [2.24, 2.45) is 0 Å². The van der Waals surface area contributed by atoms with Gasteiger partial charge in [-0.3, -0.25) is 20.2 Å². The topological polar surface area (TPSA) is 169 Å². The second-order valence-electron chi connectivity index (χ2n) is 10.3. The molecule has 0 unspecified atom stereocenters. The molecule has 1 aliphatic rings. The molecule has 4 bridgehead atoms. The summed E-state index contributed by atoms with van der Waals surface area (Å²) in [5.41, 5.74) is 2.56. The predicted octanol–water partition coefficient (Wildman–Crippen LogP) is 5.25. The molecule has 0 atom stereocenters. The number of rotatable bonds is 5. The van der Waals surface area contributed by atoms with Crippen LogP contribution in [0.3, 0.4) is 0 Å². The number of anilines is 3. The van der Waals surface area contributed by atoms with Gasteiger partial charge in [-0.2, -0.15) is 9.40 Å². The second kappa shape index (κ2) is 12.3. The van der Waals surface area contributed by atoms with Gasteiger partial charge in [0, 0.05) is 55.8 Å². The zero-order valence-corrected chi connectivity index (χ0v) is 24.7. The first-order valence-electron chi connectivity index (χ1n) is 14.2. The molecule has 0 saturated heterocycles. The van der Waals surface area contributed by atoms with E-state index in [0.29, 0.717) is 35.8 Å². The van der Waals surface area contributed by atoms with Gasteiger partial charge in [0.15, 0.2) is 10.5 Å². The van der Waals surface area contributed by atoms with Gasteiger partial charge >= 0.3 is 0 Å². The molecular weight excluding hydrogens is 600 g/mol. The molecule has 5 aromatic rings. The number of sulfonamides is 1. The maximum atomic E-state index is 13.9. The summed E-state index contributed by atoms with van der Waals surface area (Å²) >= 11 is 0. The van der Waals surface area contributed by atoms with Crippen molar-refractivity contribution in [3.8, 4) is 11.1 Å². The van der Waals surface area contributed by atoms with Crippen LogP contribution in [-0.2, 0) is 10.0 Å². The number of nitrogens with one attached hydrogen (secondary N) is 1. The van der Waals surface area contributed by atoms with E-state index in [-0.39, 0.29) is 36.6 Å². The Morgan fingerprint density at radius 2 is 1.56 bits per heavy atom. The average molecular weight is 629 g/mol. The molecule has 0 saturated carbocycles. The Balaban J connectivity index is 1.45. The first-order valence-corrected chi connectivity index (χ1v) is 15.6. The highest BCUT2D eigenvalue weighted by Crippen LogP contribution is 2.36. The highest BCUT2D eigenvalue weighted by Gasteiger charge is 2.31. The lowest BCUT2D eigenvalue weighted by Gasteiger charge is -2.27. The molecule has 3 heterocycles. The number of hydrogen-bond acceptors (Lipinski definition) is 10. The van der Waals surface area contributed by atoms with E-state index in [0.717, 1.165) is 11.1 Å². The summed E-state index contributed by atoms with van der Waals surface area (Å²) in [6.45, 7) is 0.686. The first kappa shape index (κ1) is 29.7. The molecule has 15 heteroatoms. The average Bonchev–Trinajstić information content (AvgIpc) is 3.47. The maximum absolute atomic E-state index is 13.9. The minimum Gasteiger partial charge on any atom is -0.370 e. The number of para-hydroxylation sites is 3. The SMILES string of the molecule is O=[N+]([O-])c1ccccc1N1CCCN(S(=O)(=O)c2ccccc2[N+](=O)[O-])CCCNc2ccn3ncc(c3n2)-c2cccc1c2. The molecule has 3 aromatic carbocycles. The largest absolute Gasteiger partial charge is 0.370 e. The molecule has 45 heavy (non-hydrogen) atoms. The summed E-state index contributed by atoms with van der Waals surface area (Å²) in [7, 11) is -4.27. The molecule has 14 nitrogen and oxygen atoms in total. The van der Waals surface area contributed by atoms with E-state index >= 15 is 0 Å². The van der Waals surface area contributed by atoms with Crippen molar-refractivity contribution in [3.05, 3.63) is 111 Å². The monoisotopic (exact) mass is 628 g/mol. The van der Waals surface area contributed by atoms with E-state index in [1.165, 1.54) is 34.6 Å². The van der Waals surface area contributed by atoms with Gasteiger partial charge in [0.1, 0.15) is 11.5 Å². The fourth-order valence-electron chi connectivity index (χ4n) is 5.44. The summed E-state index contributed by atoms with van der Waals surface area (Å²) in [6, 6.07) is 20.9. The van der Waals surface area contributed by atoms with E-state index < -0.39 is 25.6 Å². The van der Waals surface area contributed by atoms with Crippen LogP contribution >= 0.6 is 0 Å². The van der Waals surface area contributed by atoms with Gasteiger partial charge < -0.3 is 10.2 Å². The Morgan fingerprint density at radius 1 is 0.822 bits per heavy atom. The number of nitro groups is 2. The number of benzene rings is 3. The van der Waals surface area contributed by atoms with Crippen molar-refractivity contribution in [1.82, 2.24) is 18.9 Å². The lowest BCUT2D eigenvalue weighted by Crippen LogP contribution is -2.35. The summed E-state index contributed by atoms with van der Waals surface area (Å²) in [4.78, 5) is 28.8. The van der Waals surface area contributed by atoms with Crippen molar-refractivity contribution in [3.63, 3.8) is 0 Å².